The van der Waals surface area contributed by atoms with Crippen molar-refractivity contribution in [2.75, 3.05) is 39.8 Å². The van der Waals surface area contributed by atoms with Gasteiger partial charge < -0.3 is 20.1 Å². The average molecular weight is 275 g/mol. The van der Waals surface area contributed by atoms with E-state index in [2.05, 4.69) is 15.2 Å². The van der Waals surface area contributed by atoms with Gasteiger partial charge in [-0.25, -0.2) is 0 Å². The zero-order valence-electron chi connectivity index (χ0n) is 11.7. The highest BCUT2D eigenvalue weighted by Gasteiger charge is 2.20. The molecule has 1 aliphatic heterocycles. The Balaban J connectivity index is 1.85. The molecule has 0 saturated carbocycles. The monoisotopic (exact) mass is 275 g/mol. The number of fused-ring (bicyclic) bond motifs is 1. The number of hydrogen-bond acceptors (Lipinski definition) is 4. The highest BCUT2D eigenvalue weighted by Crippen LogP contribution is 2.32. The van der Waals surface area contributed by atoms with Crippen molar-refractivity contribution in [2.45, 2.75) is 6.10 Å². The van der Waals surface area contributed by atoms with E-state index in [1.54, 1.807) is 7.11 Å². The number of aromatic nitrogens is 1. The van der Waals surface area contributed by atoms with Crippen molar-refractivity contribution >= 4 is 10.9 Å². The molecule has 0 bridgehead atoms. The Kier molecular flexibility index (Phi) is 3.91. The van der Waals surface area contributed by atoms with E-state index < -0.39 is 6.10 Å². The summed E-state index contributed by atoms with van der Waals surface area (Å²) in [6, 6.07) is 5.88. The van der Waals surface area contributed by atoms with Crippen molar-refractivity contribution in [3.8, 4) is 5.75 Å². The number of piperazine rings is 1. The van der Waals surface area contributed by atoms with E-state index >= 15 is 0 Å². The number of β-amino-alcohol motifs (C(OH)–C–C–N with tert-alkyl or cyclic N) is 1. The third-order valence-electron chi connectivity index (χ3n) is 3.92. The van der Waals surface area contributed by atoms with E-state index in [0.29, 0.717) is 6.54 Å². The topological polar surface area (TPSA) is 60.5 Å². The van der Waals surface area contributed by atoms with Crippen molar-refractivity contribution in [3.05, 3.63) is 30.0 Å². The molecule has 1 unspecified atom stereocenters. The Morgan fingerprint density at radius 3 is 2.90 bits per heavy atom. The zero-order chi connectivity index (χ0) is 13.9. The number of nitrogens with zero attached hydrogens (tertiary/aromatic N) is 1. The Morgan fingerprint density at radius 1 is 1.35 bits per heavy atom. The van der Waals surface area contributed by atoms with Gasteiger partial charge in [-0.3, -0.25) is 4.90 Å². The number of aliphatic hydroxyl groups excluding tert-OH is 1. The largest absolute Gasteiger partial charge is 0.496 e. The molecule has 3 rings (SSSR count). The van der Waals surface area contributed by atoms with Gasteiger partial charge in [0, 0.05) is 55.4 Å². The molecule has 108 valence electrons. The Labute approximate surface area is 118 Å². The van der Waals surface area contributed by atoms with Crippen molar-refractivity contribution in [1.29, 1.82) is 0 Å². The van der Waals surface area contributed by atoms with Crippen LogP contribution in [-0.2, 0) is 0 Å². The first-order valence-electron chi connectivity index (χ1n) is 7.04. The normalized spacial score (nSPS) is 18.3. The smallest absolute Gasteiger partial charge is 0.128 e. The highest BCUT2D eigenvalue weighted by atomic mass is 16.5. The van der Waals surface area contributed by atoms with E-state index in [9.17, 15) is 5.11 Å². The fraction of sp³-hybridized carbons (Fsp3) is 0.467. The molecule has 1 aromatic carbocycles. The van der Waals surface area contributed by atoms with Gasteiger partial charge in [0.15, 0.2) is 0 Å². The number of hydrogen-bond donors (Lipinski definition) is 3. The summed E-state index contributed by atoms with van der Waals surface area (Å²) in [5, 5.41) is 14.8. The van der Waals surface area contributed by atoms with Crippen LogP contribution in [0.4, 0.5) is 0 Å². The van der Waals surface area contributed by atoms with Gasteiger partial charge in [0.2, 0.25) is 0 Å². The predicted molar refractivity (Wildman–Crippen MR) is 79.1 cm³/mol. The summed E-state index contributed by atoms with van der Waals surface area (Å²) in [5.74, 6) is 0.804. The summed E-state index contributed by atoms with van der Waals surface area (Å²) in [5.41, 5.74) is 1.91. The number of aromatic amines is 1. The SMILES string of the molecule is COc1cccc2[nH]cc(C(O)CN3CCNCC3)c12. The number of H-pyrrole nitrogens is 1. The third kappa shape index (κ3) is 2.52. The van der Waals surface area contributed by atoms with E-state index in [1.165, 1.54) is 0 Å². The summed E-state index contributed by atoms with van der Waals surface area (Å²) < 4.78 is 5.41. The lowest BCUT2D eigenvalue weighted by Crippen LogP contribution is -2.44. The number of benzene rings is 1. The van der Waals surface area contributed by atoms with E-state index in [-0.39, 0.29) is 0 Å². The molecule has 1 fully saturated rings. The number of methoxy groups -OCH3 is 1. The maximum Gasteiger partial charge on any atom is 0.128 e. The van der Waals surface area contributed by atoms with Crippen LogP contribution in [0.15, 0.2) is 24.4 Å². The van der Waals surface area contributed by atoms with Crippen LogP contribution in [0.5, 0.6) is 5.75 Å². The first-order valence-corrected chi connectivity index (χ1v) is 7.04. The maximum absolute atomic E-state index is 10.5. The van der Waals surface area contributed by atoms with E-state index in [1.807, 2.05) is 24.4 Å². The predicted octanol–water partition coefficient (Wildman–Crippen LogP) is 1.12. The van der Waals surface area contributed by atoms with Crippen LogP contribution in [-0.4, -0.2) is 54.8 Å². The highest BCUT2D eigenvalue weighted by molar-refractivity contribution is 5.89. The zero-order valence-corrected chi connectivity index (χ0v) is 11.7. The summed E-state index contributed by atoms with van der Waals surface area (Å²) >= 11 is 0. The second-order valence-corrected chi connectivity index (χ2v) is 5.19. The van der Waals surface area contributed by atoms with Crippen molar-refractivity contribution in [2.24, 2.45) is 0 Å². The Morgan fingerprint density at radius 2 is 2.15 bits per heavy atom. The molecule has 20 heavy (non-hydrogen) atoms. The first-order chi connectivity index (χ1) is 9.79. The molecule has 1 aliphatic rings. The lowest BCUT2D eigenvalue weighted by atomic mass is 10.1. The summed E-state index contributed by atoms with van der Waals surface area (Å²) in [4.78, 5) is 5.50. The number of ether oxygens (including phenoxy) is 1. The third-order valence-corrected chi connectivity index (χ3v) is 3.92. The molecule has 3 N–H and O–H groups in total. The molecule has 0 amide bonds. The lowest BCUT2D eigenvalue weighted by Gasteiger charge is -2.29. The van der Waals surface area contributed by atoms with Gasteiger partial charge in [-0.05, 0) is 12.1 Å². The van der Waals surface area contributed by atoms with Crippen LogP contribution < -0.4 is 10.1 Å². The maximum atomic E-state index is 10.5. The fourth-order valence-corrected chi connectivity index (χ4v) is 2.85. The summed E-state index contributed by atoms with van der Waals surface area (Å²) in [6.07, 6.45) is 1.39. The number of aliphatic hydroxyl groups is 1. The standard InChI is InChI=1S/C15H21N3O2/c1-20-14-4-2-3-12-15(14)11(9-17-12)13(19)10-18-7-5-16-6-8-18/h2-4,9,13,16-17,19H,5-8,10H2,1H3. The van der Waals surface area contributed by atoms with Gasteiger partial charge in [-0.15, -0.1) is 0 Å². The summed E-state index contributed by atoms with van der Waals surface area (Å²) in [6.45, 7) is 4.60. The van der Waals surface area contributed by atoms with Gasteiger partial charge in [-0.2, -0.15) is 0 Å². The van der Waals surface area contributed by atoms with Crippen LogP contribution >= 0.6 is 0 Å². The minimum atomic E-state index is -0.502. The average Bonchev–Trinajstić information content (AvgIpc) is 2.92. The van der Waals surface area contributed by atoms with Crippen LogP contribution in [0.1, 0.15) is 11.7 Å². The molecule has 0 radical (unpaired) electrons. The fourth-order valence-electron chi connectivity index (χ4n) is 2.85. The van der Waals surface area contributed by atoms with Gasteiger partial charge in [0.1, 0.15) is 5.75 Å². The quantitative estimate of drug-likeness (QED) is 0.782. The van der Waals surface area contributed by atoms with Gasteiger partial charge in [0.05, 0.1) is 13.2 Å². The van der Waals surface area contributed by atoms with Crippen LogP contribution in [0.2, 0.25) is 0 Å². The lowest BCUT2D eigenvalue weighted by molar-refractivity contribution is 0.106. The second kappa shape index (κ2) is 5.83. The molecular weight excluding hydrogens is 254 g/mol. The minimum Gasteiger partial charge on any atom is -0.496 e. The molecular formula is C15H21N3O2. The van der Waals surface area contributed by atoms with Crippen LogP contribution in [0.25, 0.3) is 10.9 Å². The van der Waals surface area contributed by atoms with Crippen LogP contribution in [0.3, 0.4) is 0 Å². The molecule has 1 atom stereocenters. The van der Waals surface area contributed by atoms with Gasteiger partial charge in [-0.1, -0.05) is 6.07 Å². The second-order valence-electron chi connectivity index (χ2n) is 5.19. The van der Waals surface area contributed by atoms with E-state index in [4.69, 9.17) is 4.74 Å². The number of rotatable bonds is 4. The molecule has 1 saturated heterocycles. The Bertz CT molecular complexity index is 576. The molecule has 5 nitrogen and oxygen atoms in total. The van der Waals surface area contributed by atoms with E-state index in [0.717, 1.165) is 48.4 Å². The van der Waals surface area contributed by atoms with Crippen molar-refractivity contribution < 1.29 is 9.84 Å². The molecule has 0 spiro atoms. The Hall–Kier alpha value is -1.56. The molecule has 2 aromatic rings. The minimum absolute atomic E-state index is 0.502. The van der Waals surface area contributed by atoms with Crippen molar-refractivity contribution in [3.63, 3.8) is 0 Å². The van der Waals surface area contributed by atoms with Crippen molar-refractivity contribution in [1.82, 2.24) is 15.2 Å². The molecule has 2 heterocycles. The molecule has 5 heteroatoms. The van der Waals surface area contributed by atoms with Gasteiger partial charge >= 0.3 is 0 Å². The molecule has 0 aliphatic carbocycles. The van der Waals surface area contributed by atoms with Gasteiger partial charge in [0.25, 0.3) is 0 Å². The van der Waals surface area contributed by atoms with Crippen LogP contribution in [0, 0.1) is 0 Å². The summed E-state index contributed by atoms with van der Waals surface area (Å²) in [7, 11) is 1.66. The first kappa shape index (κ1) is 13.4. The molecule has 1 aromatic heterocycles. The number of nitrogens with one attached hydrogen (secondary N) is 2.